The highest BCUT2D eigenvalue weighted by atomic mass is 16.6. The summed E-state index contributed by atoms with van der Waals surface area (Å²) in [6.07, 6.45) is 4.36. The molecule has 0 aliphatic carbocycles. The van der Waals surface area contributed by atoms with Gasteiger partial charge in [-0.05, 0) is 25.2 Å². The average Bonchev–Trinajstić information content (AvgIpc) is 2.89. The standard InChI is InChI=1S/C15H21N3O4/c1-3-12(18-9-13(8-16)22-15(18)20)5-4-11(2)17-6-7-21-10-14(17)19/h3-5,13H,1,6-10,16H2,2H3/b11-4+,12-5+/t13-/m0/s1. The second kappa shape index (κ2) is 7.24. The molecule has 2 N–H and O–H groups in total. The molecule has 0 aromatic carbocycles. The first-order valence-corrected chi connectivity index (χ1v) is 7.14. The van der Waals surface area contributed by atoms with Crippen molar-refractivity contribution in [3.8, 4) is 0 Å². The van der Waals surface area contributed by atoms with Crippen molar-refractivity contribution in [3.05, 3.63) is 36.2 Å². The second-order valence-electron chi connectivity index (χ2n) is 5.05. The van der Waals surface area contributed by atoms with E-state index in [1.165, 1.54) is 4.90 Å². The van der Waals surface area contributed by atoms with Gasteiger partial charge in [-0.3, -0.25) is 9.69 Å². The molecule has 2 saturated heterocycles. The van der Waals surface area contributed by atoms with E-state index in [4.69, 9.17) is 15.2 Å². The third-order valence-corrected chi connectivity index (χ3v) is 3.56. The molecule has 2 aliphatic rings. The monoisotopic (exact) mass is 307 g/mol. The maximum Gasteiger partial charge on any atom is 0.414 e. The summed E-state index contributed by atoms with van der Waals surface area (Å²) in [4.78, 5) is 26.7. The quantitative estimate of drug-likeness (QED) is 0.752. The van der Waals surface area contributed by atoms with Crippen molar-refractivity contribution < 1.29 is 19.1 Å². The van der Waals surface area contributed by atoms with Crippen LogP contribution in [0, 0.1) is 0 Å². The van der Waals surface area contributed by atoms with Gasteiger partial charge in [0, 0.05) is 24.5 Å². The van der Waals surface area contributed by atoms with Gasteiger partial charge in [0.1, 0.15) is 12.7 Å². The lowest BCUT2D eigenvalue weighted by Gasteiger charge is -2.27. The molecule has 22 heavy (non-hydrogen) atoms. The molecule has 120 valence electrons. The van der Waals surface area contributed by atoms with Crippen LogP contribution in [0.2, 0.25) is 0 Å². The van der Waals surface area contributed by atoms with Crippen LogP contribution < -0.4 is 5.73 Å². The zero-order valence-corrected chi connectivity index (χ0v) is 12.7. The smallest absolute Gasteiger partial charge is 0.414 e. The van der Waals surface area contributed by atoms with Gasteiger partial charge in [-0.15, -0.1) is 0 Å². The molecule has 2 rings (SSSR count). The summed E-state index contributed by atoms with van der Waals surface area (Å²) in [5.41, 5.74) is 6.92. The molecular formula is C15H21N3O4. The Labute approximate surface area is 129 Å². The fourth-order valence-corrected chi connectivity index (χ4v) is 2.31. The van der Waals surface area contributed by atoms with Crippen LogP contribution in [-0.2, 0) is 14.3 Å². The van der Waals surface area contributed by atoms with Gasteiger partial charge < -0.3 is 20.1 Å². The fraction of sp³-hybridized carbons (Fsp3) is 0.467. The Bertz CT molecular complexity index is 527. The second-order valence-corrected chi connectivity index (χ2v) is 5.05. The van der Waals surface area contributed by atoms with Crippen molar-refractivity contribution in [2.75, 3.05) is 32.8 Å². The number of nitrogens with two attached hydrogens (primary N) is 1. The van der Waals surface area contributed by atoms with Gasteiger partial charge in [-0.1, -0.05) is 6.58 Å². The third kappa shape index (κ3) is 3.55. The van der Waals surface area contributed by atoms with Gasteiger partial charge in [0.25, 0.3) is 5.91 Å². The number of carbonyl (C=O) groups is 2. The minimum absolute atomic E-state index is 0.0719. The molecular weight excluding hydrogens is 286 g/mol. The normalized spacial score (nSPS) is 23.8. The summed E-state index contributed by atoms with van der Waals surface area (Å²) >= 11 is 0. The van der Waals surface area contributed by atoms with Crippen LogP contribution in [0.15, 0.2) is 36.2 Å². The van der Waals surface area contributed by atoms with E-state index in [0.717, 1.165) is 5.70 Å². The predicted molar refractivity (Wildman–Crippen MR) is 80.6 cm³/mol. The topological polar surface area (TPSA) is 85.1 Å². The van der Waals surface area contributed by atoms with E-state index >= 15 is 0 Å². The molecule has 2 fully saturated rings. The molecule has 0 aromatic heterocycles. The summed E-state index contributed by atoms with van der Waals surface area (Å²) in [5.74, 6) is -0.0719. The minimum atomic E-state index is -0.435. The Morgan fingerprint density at radius 1 is 1.41 bits per heavy atom. The van der Waals surface area contributed by atoms with Gasteiger partial charge >= 0.3 is 6.09 Å². The zero-order valence-electron chi connectivity index (χ0n) is 12.7. The van der Waals surface area contributed by atoms with E-state index in [1.54, 1.807) is 23.1 Å². The Balaban J connectivity index is 2.11. The molecule has 0 bridgehead atoms. The Kier molecular flexibility index (Phi) is 5.35. The average molecular weight is 307 g/mol. The van der Waals surface area contributed by atoms with Crippen molar-refractivity contribution in [2.45, 2.75) is 13.0 Å². The number of hydrogen-bond donors (Lipinski definition) is 1. The highest BCUT2D eigenvalue weighted by Crippen LogP contribution is 2.18. The molecule has 0 saturated carbocycles. The van der Waals surface area contributed by atoms with Crippen LogP contribution in [0.5, 0.6) is 0 Å². The van der Waals surface area contributed by atoms with Gasteiger partial charge in [0.2, 0.25) is 0 Å². The highest BCUT2D eigenvalue weighted by Gasteiger charge is 2.31. The van der Waals surface area contributed by atoms with E-state index in [-0.39, 0.29) is 25.2 Å². The zero-order chi connectivity index (χ0) is 16.1. The predicted octanol–water partition coefficient (Wildman–Crippen LogP) is 0.598. The summed E-state index contributed by atoms with van der Waals surface area (Å²) in [6.45, 7) is 7.38. The van der Waals surface area contributed by atoms with Crippen LogP contribution >= 0.6 is 0 Å². The van der Waals surface area contributed by atoms with E-state index in [9.17, 15) is 9.59 Å². The van der Waals surface area contributed by atoms with Gasteiger partial charge in [0.05, 0.1) is 13.2 Å². The lowest BCUT2D eigenvalue weighted by molar-refractivity contribution is -0.139. The number of rotatable bonds is 5. The number of amides is 2. The third-order valence-electron chi connectivity index (χ3n) is 3.56. The molecule has 2 amide bonds. The highest BCUT2D eigenvalue weighted by molar-refractivity contribution is 5.79. The molecule has 1 atom stereocenters. The van der Waals surface area contributed by atoms with Crippen LogP contribution in [0.4, 0.5) is 4.79 Å². The summed E-state index contributed by atoms with van der Waals surface area (Å²) in [6, 6.07) is 0. The minimum Gasteiger partial charge on any atom is -0.443 e. The molecule has 7 heteroatoms. The summed E-state index contributed by atoms with van der Waals surface area (Å²) in [7, 11) is 0. The lowest BCUT2D eigenvalue weighted by atomic mass is 10.2. The molecule has 0 radical (unpaired) electrons. The number of ether oxygens (including phenoxy) is 2. The number of cyclic esters (lactones) is 1. The first-order chi connectivity index (χ1) is 10.6. The van der Waals surface area contributed by atoms with E-state index in [2.05, 4.69) is 6.58 Å². The molecule has 0 unspecified atom stereocenters. The number of nitrogens with zero attached hydrogens (tertiary/aromatic N) is 2. The Morgan fingerprint density at radius 2 is 2.18 bits per heavy atom. The Morgan fingerprint density at radius 3 is 2.77 bits per heavy atom. The lowest BCUT2D eigenvalue weighted by Crippen LogP contribution is -2.40. The molecule has 0 spiro atoms. The summed E-state index contributed by atoms with van der Waals surface area (Å²) in [5, 5.41) is 0. The maximum absolute atomic E-state index is 11.8. The SMILES string of the molecule is C=C/C(=C\C=C(/C)N1CCOCC1=O)N1C[C@H](CN)OC1=O. The molecule has 0 aromatic rings. The number of hydrogen-bond acceptors (Lipinski definition) is 5. The van der Waals surface area contributed by atoms with Gasteiger partial charge in [-0.2, -0.15) is 0 Å². The molecule has 2 heterocycles. The van der Waals surface area contributed by atoms with Crippen LogP contribution in [0.1, 0.15) is 6.92 Å². The molecule has 2 aliphatic heterocycles. The van der Waals surface area contributed by atoms with Crippen molar-refractivity contribution in [2.24, 2.45) is 5.73 Å². The van der Waals surface area contributed by atoms with Crippen LogP contribution in [0.25, 0.3) is 0 Å². The maximum atomic E-state index is 11.8. The van der Waals surface area contributed by atoms with Crippen molar-refractivity contribution in [1.82, 2.24) is 9.80 Å². The number of carbonyl (C=O) groups excluding carboxylic acids is 2. The van der Waals surface area contributed by atoms with E-state index < -0.39 is 6.09 Å². The van der Waals surface area contributed by atoms with Crippen molar-refractivity contribution >= 4 is 12.0 Å². The Hall–Kier alpha value is -2.12. The van der Waals surface area contributed by atoms with Crippen LogP contribution in [-0.4, -0.2) is 60.8 Å². The van der Waals surface area contributed by atoms with Gasteiger partial charge in [0.15, 0.2) is 0 Å². The van der Waals surface area contributed by atoms with E-state index in [0.29, 0.717) is 25.4 Å². The van der Waals surface area contributed by atoms with Crippen molar-refractivity contribution in [1.29, 1.82) is 0 Å². The van der Waals surface area contributed by atoms with Crippen molar-refractivity contribution in [3.63, 3.8) is 0 Å². The van der Waals surface area contributed by atoms with E-state index in [1.807, 2.05) is 6.92 Å². The van der Waals surface area contributed by atoms with Crippen LogP contribution in [0.3, 0.4) is 0 Å². The first-order valence-electron chi connectivity index (χ1n) is 7.14. The largest absolute Gasteiger partial charge is 0.443 e. The number of morpholine rings is 1. The molecule has 7 nitrogen and oxygen atoms in total. The summed E-state index contributed by atoms with van der Waals surface area (Å²) < 4.78 is 10.2. The first kappa shape index (κ1) is 16.3. The number of allylic oxidation sites excluding steroid dienone is 4. The fourth-order valence-electron chi connectivity index (χ4n) is 2.31. The van der Waals surface area contributed by atoms with Gasteiger partial charge in [-0.25, -0.2) is 4.79 Å².